The fourth-order valence-electron chi connectivity index (χ4n) is 3.30. The van der Waals surface area contributed by atoms with Gasteiger partial charge in [0, 0.05) is 50.6 Å². The molecule has 154 valence electrons. The van der Waals surface area contributed by atoms with Crippen molar-refractivity contribution in [3.63, 3.8) is 0 Å². The van der Waals surface area contributed by atoms with E-state index in [1.807, 2.05) is 30.4 Å². The van der Waals surface area contributed by atoms with Crippen LogP contribution in [-0.4, -0.2) is 73.7 Å². The standard InChI is InChI=1S/C18H30N4O2S2.HI/c1-19-17(20-7-3-12-25-18-21-8-13-26-18)22-9-5-15(6-10-22)24-14-16-4-2-11-23-16;/h8,13,15-16H,2-7,9-12,14H2,1H3,(H,19,20);1H. The van der Waals surface area contributed by atoms with Gasteiger partial charge < -0.3 is 19.7 Å². The molecule has 1 aromatic rings. The van der Waals surface area contributed by atoms with E-state index in [4.69, 9.17) is 9.47 Å². The van der Waals surface area contributed by atoms with E-state index in [1.165, 1.54) is 6.42 Å². The first-order chi connectivity index (χ1) is 12.8. The normalized spacial score (nSPS) is 21.3. The molecule has 1 N–H and O–H groups in total. The molecular formula is C18H31IN4O2S2. The van der Waals surface area contributed by atoms with Crippen LogP contribution in [0.3, 0.4) is 0 Å². The van der Waals surface area contributed by atoms with Gasteiger partial charge in [-0.25, -0.2) is 4.98 Å². The fourth-order valence-corrected chi connectivity index (χ4v) is 4.95. The number of thiazole rings is 1. The molecule has 3 rings (SSSR count). The third-order valence-electron chi connectivity index (χ3n) is 4.73. The number of aliphatic imine (C=N–C) groups is 1. The molecule has 9 heteroatoms. The average molecular weight is 527 g/mol. The Bertz CT molecular complexity index is 533. The maximum absolute atomic E-state index is 6.06. The monoisotopic (exact) mass is 526 g/mol. The maximum Gasteiger partial charge on any atom is 0.193 e. The molecular weight excluding hydrogens is 495 g/mol. The summed E-state index contributed by atoms with van der Waals surface area (Å²) in [5.41, 5.74) is 0. The number of guanidine groups is 1. The largest absolute Gasteiger partial charge is 0.376 e. The Labute approximate surface area is 187 Å². The van der Waals surface area contributed by atoms with Crippen molar-refractivity contribution in [2.45, 2.75) is 48.7 Å². The van der Waals surface area contributed by atoms with Gasteiger partial charge >= 0.3 is 0 Å². The van der Waals surface area contributed by atoms with Gasteiger partial charge in [-0.2, -0.15) is 0 Å². The van der Waals surface area contributed by atoms with Crippen LogP contribution in [0.25, 0.3) is 0 Å². The summed E-state index contributed by atoms with van der Waals surface area (Å²) in [6.45, 7) is 4.61. The Hall–Kier alpha value is -0.100. The molecule has 1 unspecified atom stereocenters. The van der Waals surface area contributed by atoms with Crippen LogP contribution in [0, 0.1) is 0 Å². The van der Waals surface area contributed by atoms with Gasteiger partial charge in [0.25, 0.3) is 0 Å². The summed E-state index contributed by atoms with van der Waals surface area (Å²) in [5, 5.41) is 5.52. The third kappa shape index (κ3) is 8.04. The van der Waals surface area contributed by atoms with E-state index in [-0.39, 0.29) is 24.0 Å². The summed E-state index contributed by atoms with van der Waals surface area (Å²) in [6, 6.07) is 0. The van der Waals surface area contributed by atoms with Gasteiger partial charge in [0.15, 0.2) is 5.96 Å². The Morgan fingerprint density at radius 2 is 2.30 bits per heavy atom. The van der Waals surface area contributed by atoms with Crippen molar-refractivity contribution >= 4 is 53.0 Å². The number of thioether (sulfide) groups is 1. The highest BCUT2D eigenvalue weighted by Crippen LogP contribution is 2.20. The lowest BCUT2D eigenvalue weighted by Crippen LogP contribution is -2.47. The molecule has 27 heavy (non-hydrogen) atoms. The molecule has 0 saturated carbocycles. The number of piperidine rings is 1. The summed E-state index contributed by atoms with van der Waals surface area (Å²) >= 11 is 3.53. The van der Waals surface area contributed by atoms with Gasteiger partial charge in [0.2, 0.25) is 0 Å². The zero-order valence-corrected chi connectivity index (χ0v) is 19.9. The molecule has 0 spiro atoms. The molecule has 2 aliphatic rings. The van der Waals surface area contributed by atoms with Crippen LogP contribution < -0.4 is 5.32 Å². The number of aromatic nitrogens is 1. The number of nitrogens with zero attached hydrogens (tertiary/aromatic N) is 3. The lowest BCUT2D eigenvalue weighted by atomic mass is 10.1. The van der Waals surface area contributed by atoms with Crippen molar-refractivity contribution in [2.24, 2.45) is 4.99 Å². The first-order valence-electron chi connectivity index (χ1n) is 9.56. The molecule has 2 saturated heterocycles. The molecule has 0 aromatic carbocycles. The summed E-state index contributed by atoms with van der Waals surface area (Å²) in [4.78, 5) is 11.1. The Morgan fingerprint density at radius 3 is 2.96 bits per heavy atom. The highest BCUT2D eigenvalue weighted by molar-refractivity contribution is 14.0. The summed E-state index contributed by atoms with van der Waals surface area (Å²) in [6.07, 6.45) is 8.10. The van der Waals surface area contributed by atoms with E-state index in [9.17, 15) is 0 Å². The SMILES string of the molecule is CN=C(NCCCSc1nccs1)N1CCC(OCC2CCCO2)CC1.I. The van der Waals surface area contributed by atoms with Gasteiger partial charge in [0.05, 0.1) is 18.8 Å². The Kier molecular flexibility index (Phi) is 11.3. The zero-order valence-electron chi connectivity index (χ0n) is 16.0. The number of halogens is 1. The predicted molar refractivity (Wildman–Crippen MR) is 124 cm³/mol. The molecule has 3 heterocycles. The van der Waals surface area contributed by atoms with Crippen LogP contribution in [0.4, 0.5) is 0 Å². The smallest absolute Gasteiger partial charge is 0.193 e. The number of likely N-dealkylation sites (tertiary alicyclic amines) is 1. The van der Waals surface area contributed by atoms with E-state index in [0.29, 0.717) is 12.2 Å². The molecule has 0 radical (unpaired) electrons. The highest BCUT2D eigenvalue weighted by atomic mass is 127. The van der Waals surface area contributed by atoms with Gasteiger partial charge in [-0.05, 0) is 32.1 Å². The molecule has 0 amide bonds. The van der Waals surface area contributed by atoms with E-state index in [2.05, 4.69) is 20.2 Å². The Morgan fingerprint density at radius 1 is 1.44 bits per heavy atom. The van der Waals surface area contributed by atoms with Crippen molar-refractivity contribution in [3.8, 4) is 0 Å². The minimum Gasteiger partial charge on any atom is -0.376 e. The number of nitrogens with one attached hydrogen (secondary N) is 1. The van der Waals surface area contributed by atoms with Crippen molar-refractivity contribution in [3.05, 3.63) is 11.6 Å². The maximum atomic E-state index is 6.06. The second-order valence-corrected chi connectivity index (χ2v) is 8.87. The van der Waals surface area contributed by atoms with Crippen LogP contribution in [0.15, 0.2) is 20.9 Å². The number of ether oxygens (including phenoxy) is 2. The molecule has 0 aliphatic carbocycles. The molecule has 2 fully saturated rings. The lowest BCUT2D eigenvalue weighted by molar-refractivity contribution is -0.0367. The van der Waals surface area contributed by atoms with Gasteiger partial charge in [-0.15, -0.1) is 35.3 Å². The quantitative estimate of drug-likeness (QED) is 0.184. The van der Waals surface area contributed by atoms with Crippen LogP contribution >= 0.6 is 47.1 Å². The van der Waals surface area contributed by atoms with E-state index >= 15 is 0 Å². The van der Waals surface area contributed by atoms with E-state index < -0.39 is 0 Å². The predicted octanol–water partition coefficient (Wildman–Crippen LogP) is 3.48. The first kappa shape index (κ1) is 23.2. The number of hydrogen-bond donors (Lipinski definition) is 1. The second-order valence-electron chi connectivity index (χ2n) is 6.63. The average Bonchev–Trinajstić information content (AvgIpc) is 3.37. The number of hydrogen-bond acceptors (Lipinski definition) is 6. The molecule has 2 aliphatic heterocycles. The van der Waals surface area contributed by atoms with Crippen LogP contribution in [-0.2, 0) is 9.47 Å². The summed E-state index contributed by atoms with van der Waals surface area (Å²) in [7, 11) is 1.87. The van der Waals surface area contributed by atoms with Crippen molar-refractivity contribution in [1.29, 1.82) is 0 Å². The van der Waals surface area contributed by atoms with Crippen molar-refractivity contribution in [2.75, 3.05) is 45.6 Å². The third-order valence-corrected chi connectivity index (χ3v) is 6.79. The summed E-state index contributed by atoms with van der Waals surface area (Å²) in [5.74, 6) is 2.10. The van der Waals surface area contributed by atoms with Crippen LogP contribution in [0.2, 0.25) is 0 Å². The molecule has 6 nitrogen and oxygen atoms in total. The number of rotatable bonds is 8. The van der Waals surface area contributed by atoms with Gasteiger partial charge in [-0.3, -0.25) is 4.99 Å². The zero-order chi connectivity index (χ0) is 18.0. The summed E-state index contributed by atoms with van der Waals surface area (Å²) < 4.78 is 12.8. The first-order valence-corrected chi connectivity index (χ1v) is 11.4. The van der Waals surface area contributed by atoms with E-state index in [0.717, 1.165) is 74.6 Å². The highest BCUT2D eigenvalue weighted by Gasteiger charge is 2.24. The second kappa shape index (κ2) is 13.2. The van der Waals surface area contributed by atoms with Crippen molar-refractivity contribution in [1.82, 2.24) is 15.2 Å². The minimum absolute atomic E-state index is 0. The molecule has 1 aromatic heterocycles. The Balaban J connectivity index is 0.00000261. The van der Waals surface area contributed by atoms with Crippen LogP contribution in [0.5, 0.6) is 0 Å². The topological polar surface area (TPSA) is 59.0 Å². The lowest BCUT2D eigenvalue weighted by Gasteiger charge is -2.34. The van der Waals surface area contributed by atoms with Gasteiger partial charge in [-0.1, -0.05) is 11.8 Å². The van der Waals surface area contributed by atoms with E-state index in [1.54, 1.807) is 11.3 Å². The fraction of sp³-hybridized carbons (Fsp3) is 0.778. The van der Waals surface area contributed by atoms with Crippen molar-refractivity contribution < 1.29 is 9.47 Å². The minimum atomic E-state index is 0. The molecule has 0 bridgehead atoms. The molecule has 1 atom stereocenters. The van der Waals surface area contributed by atoms with Crippen LogP contribution in [0.1, 0.15) is 32.1 Å². The van der Waals surface area contributed by atoms with Gasteiger partial charge in [0.1, 0.15) is 4.34 Å².